The summed E-state index contributed by atoms with van der Waals surface area (Å²) in [4.78, 5) is 5.72. The molecule has 1 aliphatic rings. The Morgan fingerprint density at radius 3 is 3.00 bits per heavy atom. The third kappa shape index (κ3) is 2.81. The second kappa shape index (κ2) is 5.39. The van der Waals surface area contributed by atoms with Gasteiger partial charge < -0.3 is 15.6 Å². The fourth-order valence-corrected chi connectivity index (χ4v) is 2.36. The third-order valence-electron chi connectivity index (χ3n) is 3.57. The van der Waals surface area contributed by atoms with Crippen LogP contribution in [0.1, 0.15) is 13.3 Å². The van der Waals surface area contributed by atoms with E-state index in [1.807, 2.05) is 6.07 Å². The Hall–Kier alpha value is -1.56. The molecule has 0 aromatic carbocycles. The number of aromatic nitrogens is 2. The van der Waals surface area contributed by atoms with Gasteiger partial charge in [-0.25, -0.2) is 0 Å². The molecule has 100 valence electrons. The average Bonchev–Trinajstić information content (AvgIpc) is 2.81. The molecule has 1 atom stereocenters. The zero-order valence-electron chi connectivity index (χ0n) is 11.1. The van der Waals surface area contributed by atoms with Crippen molar-refractivity contribution < 1.29 is 0 Å². The first-order valence-corrected chi connectivity index (χ1v) is 6.43. The number of rotatable bonds is 4. The number of hydrogen-bond acceptors (Lipinski definition) is 5. The van der Waals surface area contributed by atoms with Crippen LogP contribution < -0.4 is 16.2 Å². The maximum atomic E-state index is 7.49. The zero-order chi connectivity index (χ0) is 13.1. The highest BCUT2D eigenvalue weighted by Crippen LogP contribution is 2.21. The van der Waals surface area contributed by atoms with E-state index in [1.54, 1.807) is 6.07 Å². The van der Waals surface area contributed by atoms with E-state index in [2.05, 4.69) is 28.9 Å². The Bertz CT molecular complexity index is 454. The molecular weight excluding hydrogens is 228 g/mol. The van der Waals surface area contributed by atoms with Crippen molar-refractivity contribution in [1.29, 1.82) is 5.41 Å². The highest BCUT2D eigenvalue weighted by molar-refractivity contribution is 5.37. The van der Waals surface area contributed by atoms with Crippen LogP contribution in [0.2, 0.25) is 0 Å². The Balaban J connectivity index is 1.99. The molecule has 2 rings (SSSR count). The lowest BCUT2D eigenvalue weighted by Gasteiger charge is -2.20. The van der Waals surface area contributed by atoms with Crippen molar-refractivity contribution in [3.05, 3.63) is 17.6 Å². The largest absolute Gasteiger partial charge is 0.355 e. The van der Waals surface area contributed by atoms with Crippen molar-refractivity contribution in [2.75, 3.05) is 44.0 Å². The van der Waals surface area contributed by atoms with Crippen LogP contribution in [-0.2, 0) is 0 Å². The van der Waals surface area contributed by atoms with E-state index in [0.29, 0.717) is 5.92 Å². The molecule has 0 radical (unpaired) electrons. The van der Waals surface area contributed by atoms with Crippen molar-refractivity contribution in [2.24, 2.45) is 5.92 Å². The van der Waals surface area contributed by atoms with Gasteiger partial charge in [0, 0.05) is 19.6 Å². The second-order valence-corrected chi connectivity index (χ2v) is 4.98. The Kier molecular flexibility index (Phi) is 3.86. The normalized spacial score (nSPS) is 19.7. The summed E-state index contributed by atoms with van der Waals surface area (Å²) < 4.78 is 0. The van der Waals surface area contributed by atoms with E-state index >= 15 is 0 Å². The van der Waals surface area contributed by atoms with E-state index in [9.17, 15) is 0 Å². The second-order valence-electron chi connectivity index (χ2n) is 4.98. The van der Waals surface area contributed by atoms with Gasteiger partial charge in [-0.1, -0.05) is 6.92 Å². The van der Waals surface area contributed by atoms with E-state index in [0.717, 1.165) is 36.8 Å². The van der Waals surface area contributed by atoms with E-state index in [1.165, 1.54) is 6.42 Å². The molecule has 18 heavy (non-hydrogen) atoms. The summed E-state index contributed by atoms with van der Waals surface area (Å²) in [5, 5.41) is 11.7. The van der Waals surface area contributed by atoms with Crippen molar-refractivity contribution >= 4 is 5.82 Å². The molecule has 6 heteroatoms. The summed E-state index contributed by atoms with van der Waals surface area (Å²) in [7, 11) is 2.16. The maximum Gasteiger partial charge on any atom is 0.164 e. The SMILES string of the molecule is CCN(C)CC1CCN(c2ccc(=N)n(N)n2)C1. The number of nitrogens with zero attached hydrogens (tertiary/aromatic N) is 4. The molecule has 2 heterocycles. The minimum atomic E-state index is 0.222. The van der Waals surface area contributed by atoms with Crippen molar-refractivity contribution in [3.63, 3.8) is 0 Å². The van der Waals surface area contributed by atoms with E-state index in [4.69, 9.17) is 11.3 Å². The molecule has 1 aromatic heterocycles. The molecule has 1 unspecified atom stereocenters. The van der Waals surface area contributed by atoms with Crippen LogP contribution >= 0.6 is 0 Å². The highest BCUT2D eigenvalue weighted by Gasteiger charge is 2.24. The summed E-state index contributed by atoms with van der Waals surface area (Å²) in [6, 6.07) is 3.56. The van der Waals surface area contributed by atoms with Gasteiger partial charge in [0.05, 0.1) is 0 Å². The molecule has 1 fully saturated rings. The van der Waals surface area contributed by atoms with Crippen LogP contribution in [-0.4, -0.2) is 48.0 Å². The average molecular weight is 250 g/mol. The predicted molar refractivity (Wildman–Crippen MR) is 71.7 cm³/mol. The predicted octanol–water partition coefficient (Wildman–Crippen LogP) is -0.146. The number of nitrogens with two attached hydrogens (primary N) is 1. The number of anilines is 1. The Labute approximate surface area is 107 Å². The van der Waals surface area contributed by atoms with Gasteiger partial charge in [-0.05, 0) is 38.1 Å². The molecule has 0 saturated carbocycles. The molecule has 6 nitrogen and oxygen atoms in total. The zero-order valence-corrected chi connectivity index (χ0v) is 11.1. The topological polar surface area (TPSA) is 74.2 Å². The first-order chi connectivity index (χ1) is 8.60. The minimum absolute atomic E-state index is 0.222. The van der Waals surface area contributed by atoms with E-state index in [-0.39, 0.29) is 5.49 Å². The smallest absolute Gasteiger partial charge is 0.164 e. The summed E-state index contributed by atoms with van der Waals surface area (Å²) in [6.07, 6.45) is 1.19. The summed E-state index contributed by atoms with van der Waals surface area (Å²) >= 11 is 0. The lowest BCUT2D eigenvalue weighted by atomic mass is 10.1. The van der Waals surface area contributed by atoms with Crippen molar-refractivity contribution in [3.8, 4) is 0 Å². The first-order valence-electron chi connectivity index (χ1n) is 6.43. The van der Waals surface area contributed by atoms with Crippen LogP contribution in [0.25, 0.3) is 0 Å². The number of hydrogen-bond donors (Lipinski definition) is 2. The van der Waals surface area contributed by atoms with Gasteiger partial charge in [-0.15, -0.1) is 5.10 Å². The fraction of sp³-hybridized carbons (Fsp3) is 0.667. The van der Waals surface area contributed by atoms with Gasteiger partial charge in [0.1, 0.15) is 0 Å². The van der Waals surface area contributed by atoms with Crippen LogP contribution in [0.4, 0.5) is 5.82 Å². The van der Waals surface area contributed by atoms with Gasteiger partial charge in [0.2, 0.25) is 0 Å². The first kappa shape index (κ1) is 12.9. The molecule has 0 bridgehead atoms. The molecule has 0 aliphatic carbocycles. The molecule has 1 saturated heterocycles. The van der Waals surface area contributed by atoms with Crippen LogP contribution in [0.15, 0.2) is 12.1 Å². The number of nitrogens with one attached hydrogen (secondary N) is 1. The molecular formula is C12H22N6. The van der Waals surface area contributed by atoms with Crippen molar-refractivity contribution in [1.82, 2.24) is 14.8 Å². The summed E-state index contributed by atoms with van der Waals surface area (Å²) in [5.41, 5.74) is 0.222. The lowest BCUT2D eigenvalue weighted by Crippen LogP contribution is -2.33. The van der Waals surface area contributed by atoms with Gasteiger partial charge >= 0.3 is 0 Å². The summed E-state index contributed by atoms with van der Waals surface area (Å²) in [6.45, 7) is 6.44. The van der Waals surface area contributed by atoms with Gasteiger partial charge in [0.25, 0.3) is 0 Å². The van der Waals surface area contributed by atoms with Crippen molar-refractivity contribution in [2.45, 2.75) is 13.3 Å². The maximum absolute atomic E-state index is 7.49. The standard InChI is InChI=1S/C12H22N6/c1-3-16(2)8-10-6-7-17(9-10)12-5-4-11(13)18(14)15-12/h4-5,10,13H,3,6-9,14H2,1-2H3. The molecule has 1 aliphatic heterocycles. The molecule has 0 spiro atoms. The van der Waals surface area contributed by atoms with Gasteiger partial charge in [-0.2, -0.15) is 4.79 Å². The van der Waals surface area contributed by atoms with Gasteiger partial charge in [-0.3, -0.25) is 5.41 Å². The van der Waals surface area contributed by atoms with Crippen LogP contribution in [0, 0.1) is 11.3 Å². The lowest BCUT2D eigenvalue weighted by molar-refractivity contribution is 0.300. The molecule has 1 aromatic rings. The third-order valence-corrected chi connectivity index (χ3v) is 3.57. The minimum Gasteiger partial charge on any atom is -0.355 e. The highest BCUT2D eigenvalue weighted by atomic mass is 15.5. The van der Waals surface area contributed by atoms with Crippen LogP contribution in [0.5, 0.6) is 0 Å². The molecule has 0 amide bonds. The molecule has 3 N–H and O–H groups in total. The fourth-order valence-electron chi connectivity index (χ4n) is 2.36. The Morgan fingerprint density at radius 2 is 2.33 bits per heavy atom. The number of nitrogen functional groups attached to an aromatic ring is 1. The van der Waals surface area contributed by atoms with E-state index < -0.39 is 0 Å². The van der Waals surface area contributed by atoms with Gasteiger partial charge in [0.15, 0.2) is 11.3 Å². The monoisotopic (exact) mass is 250 g/mol. The quantitative estimate of drug-likeness (QED) is 0.729. The van der Waals surface area contributed by atoms with Crippen LogP contribution in [0.3, 0.4) is 0 Å². The summed E-state index contributed by atoms with van der Waals surface area (Å²) in [5.74, 6) is 7.17. The Morgan fingerprint density at radius 1 is 1.56 bits per heavy atom.